The lowest BCUT2D eigenvalue weighted by molar-refractivity contribution is -0.144. The number of nitrogens with one attached hydrogen (secondary N) is 2. The molecule has 1 aliphatic heterocycles. The maximum absolute atomic E-state index is 12.6. The summed E-state index contributed by atoms with van der Waals surface area (Å²) in [5.41, 5.74) is 1.01. The molecule has 0 aliphatic carbocycles. The van der Waals surface area contributed by atoms with Gasteiger partial charge in [-0.1, -0.05) is 12.1 Å². The summed E-state index contributed by atoms with van der Waals surface area (Å²) in [6.45, 7) is 7.83. The first-order chi connectivity index (χ1) is 17.0. The van der Waals surface area contributed by atoms with Crippen molar-refractivity contribution < 1.29 is 19.0 Å². The molecule has 11 nitrogen and oxygen atoms in total. The quantitative estimate of drug-likeness (QED) is 0.289. The summed E-state index contributed by atoms with van der Waals surface area (Å²) in [7, 11) is 2.06. The molecule has 186 valence electrons. The standard InChI is InChI=1S/C22H27N7O4S2/c1-3-6-23-22-25-20(16-5-4-11-34-16)17(35-22)12-19(31)32-14-15-21(27-33-26-15)24-18(30)13-29-9-7-28(2)8-10-29/h3-5,11H,1,6-10,12-14H2,2H3,(H,23,25)(H,24,27,30). The molecule has 0 atom stereocenters. The number of carbonyl (C=O) groups excluding carboxylic acids is 2. The lowest BCUT2D eigenvalue weighted by atomic mass is 10.2. The van der Waals surface area contributed by atoms with Crippen LogP contribution < -0.4 is 10.6 Å². The third kappa shape index (κ3) is 6.94. The number of thiazole rings is 1. The molecule has 1 aliphatic rings. The van der Waals surface area contributed by atoms with Crippen LogP contribution in [0.5, 0.6) is 0 Å². The van der Waals surface area contributed by atoms with Gasteiger partial charge < -0.3 is 20.3 Å². The van der Waals surface area contributed by atoms with E-state index >= 15 is 0 Å². The Hall–Kier alpha value is -3.13. The normalized spacial score (nSPS) is 14.5. The third-order valence-electron chi connectivity index (χ3n) is 5.30. The van der Waals surface area contributed by atoms with Crippen LogP contribution in [-0.4, -0.2) is 83.3 Å². The summed E-state index contributed by atoms with van der Waals surface area (Å²) in [5.74, 6) is -0.507. The summed E-state index contributed by atoms with van der Waals surface area (Å²) in [6, 6.07) is 3.90. The highest BCUT2D eigenvalue weighted by Crippen LogP contribution is 2.34. The van der Waals surface area contributed by atoms with E-state index in [4.69, 9.17) is 9.37 Å². The number of carbonyl (C=O) groups is 2. The van der Waals surface area contributed by atoms with E-state index in [0.717, 1.165) is 41.6 Å². The number of amides is 1. The maximum Gasteiger partial charge on any atom is 0.311 e. The van der Waals surface area contributed by atoms with Gasteiger partial charge in [-0.25, -0.2) is 9.61 Å². The smallest absolute Gasteiger partial charge is 0.311 e. The molecular weight excluding hydrogens is 490 g/mol. The van der Waals surface area contributed by atoms with Gasteiger partial charge in [0.15, 0.2) is 10.8 Å². The molecule has 1 amide bonds. The highest BCUT2D eigenvalue weighted by Gasteiger charge is 2.21. The number of rotatable bonds is 11. The van der Waals surface area contributed by atoms with Crippen LogP contribution in [0.4, 0.5) is 10.9 Å². The number of piperazine rings is 1. The zero-order valence-electron chi connectivity index (χ0n) is 19.4. The van der Waals surface area contributed by atoms with Crippen molar-refractivity contribution in [3.63, 3.8) is 0 Å². The summed E-state index contributed by atoms with van der Waals surface area (Å²) < 4.78 is 10.2. The number of aromatic nitrogens is 3. The molecule has 0 saturated carbocycles. The van der Waals surface area contributed by atoms with Crippen molar-refractivity contribution in [2.75, 3.05) is 56.9 Å². The number of hydrogen-bond donors (Lipinski definition) is 2. The van der Waals surface area contributed by atoms with Gasteiger partial charge in [-0.05, 0) is 28.8 Å². The maximum atomic E-state index is 12.6. The molecule has 3 aromatic heterocycles. The highest BCUT2D eigenvalue weighted by atomic mass is 32.1. The van der Waals surface area contributed by atoms with Crippen LogP contribution in [0.15, 0.2) is 34.8 Å². The largest absolute Gasteiger partial charge is 0.459 e. The van der Waals surface area contributed by atoms with Gasteiger partial charge in [0.1, 0.15) is 6.61 Å². The van der Waals surface area contributed by atoms with Crippen LogP contribution in [0.2, 0.25) is 0 Å². The fourth-order valence-electron chi connectivity index (χ4n) is 3.42. The van der Waals surface area contributed by atoms with Crippen LogP contribution >= 0.6 is 22.7 Å². The van der Waals surface area contributed by atoms with Crippen molar-refractivity contribution >= 4 is 45.5 Å². The number of anilines is 2. The van der Waals surface area contributed by atoms with Gasteiger partial charge in [-0.3, -0.25) is 14.5 Å². The Balaban J connectivity index is 1.32. The lowest BCUT2D eigenvalue weighted by Crippen LogP contribution is -2.47. The van der Waals surface area contributed by atoms with Gasteiger partial charge in [0.05, 0.1) is 23.5 Å². The Kier molecular flexibility index (Phi) is 8.58. The van der Waals surface area contributed by atoms with Crippen molar-refractivity contribution in [1.82, 2.24) is 25.1 Å². The summed E-state index contributed by atoms with van der Waals surface area (Å²) in [5, 5.41) is 16.1. The SMILES string of the molecule is C=CCNc1nc(-c2cccs2)c(CC(=O)OCc2nonc2NC(=O)CN2CCN(C)CC2)s1. The van der Waals surface area contributed by atoms with Crippen LogP contribution in [0.3, 0.4) is 0 Å². The number of esters is 1. The lowest BCUT2D eigenvalue weighted by Gasteiger charge is -2.31. The molecule has 35 heavy (non-hydrogen) atoms. The van der Waals surface area contributed by atoms with Crippen LogP contribution in [0.1, 0.15) is 10.6 Å². The fraction of sp³-hybridized carbons (Fsp3) is 0.409. The predicted molar refractivity (Wildman–Crippen MR) is 134 cm³/mol. The zero-order valence-corrected chi connectivity index (χ0v) is 21.0. The van der Waals surface area contributed by atoms with Crippen molar-refractivity contribution in [2.45, 2.75) is 13.0 Å². The van der Waals surface area contributed by atoms with E-state index in [1.54, 1.807) is 17.4 Å². The summed E-state index contributed by atoms with van der Waals surface area (Å²) in [6.07, 6.45) is 1.80. The van der Waals surface area contributed by atoms with Crippen molar-refractivity contribution in [2.24, 2.45) is 0 Å². The highest BCUT2D eigenvalue weighted by molar-refractivity contribution is 7.17. The number of thiophene rings is 1. The van der Waals surface area contributed by atoms with E-state index in [0.29, 0.717) is 11.7 Å². The summed E-state index contributed by atoms with van der Waals surface area (Å²) in [4.78, 5) is 35.7. The Morgan fingerprint density at radius 3 is 2.86 bits per heavy atom. The Morgan fingerprint density at radius 2 is 2.11 bits per heavy atom. The van der Waals surface area contributed by atoms with Crippen molar-refractivity contribution in [3.05, 3.63) is 40.7 Å². The van der Waals surface area contributed by atoms with Gasteiger partial charge >= 0.3 is 5.97 Å². The topological polar surface area (TPSA) is 126 Å². The first-order valence-corrected chi connectivity index (χ1v) is 12.8. The molecule has 1 fully saturated rings. The number of nitrogens with zero attached hydrogens (tertiary/aromatic N) is 5. The van der Waals surface area contributed by atoms with E-state index in [-0.39, 0.29) is 37.0 Å². The molecule has 0 bridgehead atoms. The molecule has 0 unspecified atom stereocenters. The third-order valence-corrected chi connectivity index (χ3v) is 7.19. The van der Waals surface area contributed by atoms with E-state index in [9.17, 15) is 9.59 Å². The molecule has 0 aromatic carbocycles. The molecule has 3 aromatic rings. The fourth-order valence-corrected chi connectivity index (χ4v) is 5.19. The zero-order chi connectivity index (χ0) is 24.6. The minimum atomic E-state index is -0.445. The molecule has 4 heterocycles. The number of hydrogen-bond acceptors (Lipinski definition) is 12. The molecule has 13 heteroatoms. The average molecular weight is 518 g/mol. The summed E-state index contributed by atoms with van der Waals surface area (Å²) >= 11 is 2.96. The second-order valence-corrected chi connectivity index (χ2v) is 9.99. The van der Waals surface area contributed by atoms with Crippen LogP contribution in [-0.2, 0) is 27.4 Å². The Morgan fingerprint density at radius 1 is 1.29 bits per heavy atom. The number of likely N-dealkylation sites (N-methyl/N-ethyl adjacent to an activating group) is 1. The van der Waals surface area contributed by atoms with E-state index < -0.39 is 5.97 Å². The molecule has 4 rings (SSSR count). The molecule has 2 N–H and O–H groups in total. The second-order valence-electron chi connectivity index (χ2n) is 7.96. The van der Waals surface area contributed by atoms with E-state index in [1.807, 2.05) is 17.5 Å². The van der Waals surface area contributed by atoms with Crippen LogP contribution in [0, 0.1) is 0 Å². The monoisotopic (exact) mass is 517 g/mol. The van der Waals surface area contributed by atoms with Gasteiger partial charge in [0, 0.05) is 37.6 Å². The predicted octanol–water partition coefficient (Wildman–Crippen LogP) is 2.32. The number of ether oxygens (including phenoxy) is 1. The van der Waals surface area contributed by atoms with Gasteiger partial charge in [-0.2, -0.15) is 0 Å². The molecule has 1 saturated heterocycles. The molecular formula is C22H27N7O4S2. The van der Waals surface area contributed by atoms with Crippen molar-refractivity contribution in [3.8, 4) is 10.6 Å². The molecule has 0 radical (unpaired) electrons. The second kappa shape index (κ2) is 12.0. The minimum absolute atomic E-state index is 0.0526. The van der Waals surface area contributed by atoms with Gasteiger partial charge in [-0.15, -0.1) is 29.3 Å². The van der Waals surface area contributed by atoms with Crippen LogP contribution in [0.25, 0.3) is 10.6 Å². The average Bonchev–Trinajstić information content (AvgIpc) is 3.59. The molecule has 0 spiro atoms. The Bertz CT molecular complexity index is 1140. The Labute approximate surface area is 210 Å². The van der Waals surface area contributed by atoms with E-state index in [2.05, 4.69) is 49.4 Å². The van der Waals surface area contributed by atoms with Gasteiger partial charge in [0.25, 0.3) is 0 Å². The first kappa shape index (κ1) is 25.0. The van der Waals surface area contributed by atoms with Gasteiger partial charge in [0.2, 0.25) is 11.7 Å². The van der Waals surface area contributed by atoms with E-state index in [1.165, 1.54) is 11.3 Å². The minimum Gasteiger partial charge on any atom is -0.459 e. The van der Waals surface area contributed by atoms with Crippen molar-refractivity contribution in [1.29, 1.82) is 0 Å². The first-order valence-electron chi connectivity index (χ1n) is 11.1.